The van der Waals surface area contributed by atoms with Crippen LogP contribution in [0.25, 0.3) is 0 Å². The molecule has 8 nitrogen and oxygen atoms in total. The number of hydrogen-bond acceptors (Lipinski definition) is 4. The molecule has 8 heteroatoms. The van der Waals surface area contributed by atoms with Crippen LogP contribution in [0.3, 0.4) is 0 Å². The van der Waals surface area contributed by atoms with E-state index in [1.54, 1.807) is 21.0 Å². The van der Waals surface area contributed by atoms with Gasteiger partial charge >= 0.3 is 12.0 Å². The van der Waals surface area contributed by atoms with Crippen LogP contribution in [0.5, 0.6) is 0 Å². The van der Waals surface area contributed by atoms with E-state index in [0.29, 0.717) is 0 Å². The molecule has 0 spiro atoms. The van der Waals surface area contributed by atoms with Crippen molar-refractivity contribution in [1.29, 1.82) is 0 Å². The van der Waals surface area contributed by atoms with E-state index in [0.717, 1.165) is 0 Å². The van der Waals surface area contributed by atoms with Crippen molar-refractivity contribution in [3.05, 3.63) is 0 Å². The first-order chi connectivity index (χ1) is 8.83. The van der Waals surface area contributed by atoms with Crippen molar-refractivity contribution in [2.75, 3.05) is 33.8 Å². The summed E-state index contributed by atoms with van der Waals surface area (Å²) in [6.07, 6.45) is -0.0831. The summed E-state index contributed by atoms with van der Waals surface area (Å²) in [4.78, 5) is 36.7. The molecule has 0 saturated carbocycles. The average molecular weight is 275 g/mol. The van der Waals surface area contributed by atoms with Gasteiger partial charge in [0.25, 0.3) is 0 Å². The minimum atomic E-state index is -1.22. The van der Waals surface area contributed by atoms with E-state index in [1.165, 1.54) is 9.80 Å². The smallest absolute Gasteiger partial charge is 0.326 e. The third-order valence-corrected chi connectivity index (χ3v) is 2.51. The number of hydrogen-bond donors (Lipinski definition) is 3. The maximum atomic E-state index is 11.8. The highest BCUT2D eigenvalue weighted by atomic mass is 16.4. The normalized spacial score (nSPS) is 11.6. The molecular formula is C11H21N3O5. The van der Waals surface area contributed by atoms with Crippen LogP contribution >= 0.6 is 0 Å². The van der Waals surface area contributed by atoms with E-state index in [1.807, 2.05) is 0 Å². The fourth-order valence-electron chi connectivity index (χ4n) is 1.26. The Bertz CT molecular complexity index is 332. The Balaban J connectivity index is 4.57. The summed E-state index contributed by atoms with van der Waals surface area (Å²) in [5.74, 6) is -1.48. The van der Waals surface area contributed by atoms with Crippen molar-refractivity contribution >= 4 is 17.9 Å². The zero-order valence-electron chi connectivity index (χ0n) is 11.4. The maximum Gasteiger partial charge on any atom is 0.326 e. The minimum absolute atomic E-state index is 0.0831. The molecule has 3 amide bonds. The number of carboxylic acids is 1. The molecule has 0 fully saturated rings. The molecule has 0 aromatic heterocycles. The molecule has 0 saturated heterocycles. The number of aliphatic hydroxyl groups excluding tert-OH is 1. The molecule has 0 aliphatic rings. The molecule has 3 N–H and O–H groups in total. The van der Waals surface area contributed by atoms with Gasteiger partial charge in [-0.2, -0.15) is 0 Å². The third-order valence-electron chi connectivity index (χ3n) is 2.51. The van der Waals surface area contributed by atoms with Crippen LogP contribution in [-0.2, 0) is 9.59 Å². The Labute approximate surface area is 112 Å². The fourth-order valence-corrected chi connectivity index (χ4v) is 1.26. The molecule has 0 aromatic rings. The van der Waals surface area contributed by atoms with E-state index >= 15 is 0 Å². The Kier molecular flexibility index (Phi) is 7.50. The van der Waals surface area contributed by atoms with Gasteiger partial charge in [0, 0.05) is 33.7 Å². The van der Waals surface area contributed by atoms with Crippen molar-refractivity contribution in [2.45, 2.75) is 19.4 Å². The second-order valence-corrected chi connectivity index (χ2v) is 4.15. The number of nitrogens with zero attached hydrogens (tertiary/aromatic N) is 2. The zero-order chi connectivity index (χ0) is 15.0. The summed E-state index contributed by atoms with van der Waals surface area (Å²) < 4.78 is 0. The molecule has 0 rings (SSSR count). The average Bonchev–Trinajstić information content (AvgIpc) is 2.34. The number of likely N-dealkylation sites (N-methyl/N-ethyl adjacent to an activating group) is 2. The van der Waals surface area contributed by atoms with Crippen LogP contribution in [-0.4, -0.2) is 77.8 Å². The molecule has 0 heterocycles. The monoisotopic (exact) mass is 275 g/mol. The number of carbonyl (C=O) groups is 3. The van der Waals surface area contributed by atoms with Gasteiger partial charge in [0.2, 0.25) is 5.91 Å². The van der Waals surface area contributed by atoms with Crippen LogP contribution in [0.2, 0.25) is 0 Å². The lowest BCUT2D eigenvalue weighted by Gasteiger charge is -2.24. The molecule has 0 radical (unpaired) electrons. The summed E-state index contributed by atoms with van der Waals surface area (Å²) in [5, 5.41) is 19.9. The SMILES string of the molecule is CCN(CC(=O)N(C)C)C(=O)NC(CCO)C(=O)O. The molecule has 1 unspecified atom stereocenters. The summed E-state index contributed by atoms with van der Waals surface area (Å²) in [7, 11) is 3.14. The van der Waals surface area contributed by atoms with Crippen molar-refractivity contribution in [2.24, 2.45) is 0 Å². The van der Waals surface area contributed by atoms with Gasteiger partial charge in [-0.25, -0.2) is 9.59 Å². The first-order valence-corrected chi connectivity index (χ1v) is 5.92. The molecule has 1 atom stereocenters. The molecule has 0 aliphatic heterocycles. The van der Waals surface area contributed by atoms with Crippen molar-refractivity contribution in [1.82, 2.24) is 15.1 Å². The molecule has 0 bridgehead atoms. The fraction of sp³-hybridized carbons (Fsp3) is 0.727. The lowest BCUT2D eigenvalue weighted by atomic mass is 10.2. The number of urea groups is 1. The zero-order valence-corrected chi connectivity index (χ0v) is 11.4. The highest BCUT2D eigenvalue weighted by Crippen LogP contribution is 1.97. The Hall–Kier alpha value is -1.83. The van der Waals surface area contributed by atoms with Crippen LogP contribution in [0.4, 0.5) is 4.79 Å². The quantitative estimate of drug-likeness (QED) is 0.548. The third kappa shape index (κ3) is 6.05. The van der Waals surface area contributed by atoms with E-state index in [2.05, 4.69) is 5.32 Å². The molecule has 110 valence electrons. The summed E-state index contributed by atoms with van der Waals surface area (Å²) in [6.45, 7) is 1.49. The lowest BCUT2D eigenvalue weighted by molar-refractivity contribution is -0.139. The number of nitrogens with one attached hydrogen (secondary N) is 1. The number of rotatable bonds is 7. The van der Waals surface area contributed by atoms with Crippen LogP contribution in [0.15, 0.2) is 0 Å². The number of aliphatic carboxylic acids is 1. The highest BCUT2D eigenvalue weighted by Gasteiger charge is 2.23. The topological polar surface area (TPSA) is 110 Å². The van der Waals surface area contributed by atoms with Gasteiger partial charge in [-0.05, 0) is 6.92 Å². The first kappa shape index (κ1) is 17.2. The van der Waals surface area contributed by atoms with Gasteiger partial charge in [-0.3, -0.25) is 4.79 Å². The second kappa shape index (κ2) is 8.30. The predicted octanol–water partition coefficient (Wildman–Crippen LogP) is -1.06. The standard InChI is InChI=1S/C11H21N3O5/c1-4-14(7-9(16)13(2)3)11(19)12-8(5-6-15)10(17)18/h8,15H,4-7H2,1-3H3,(H,12,19)(H,17,18). The largest absolute Gasteiger partial charge is 0.480 e. The van der Waals surface area contributed by atoms with E-state index < -0.39 is 18.0 Å². The van der Waals surface area contributed by atoms with Gasteiger partial charge in [0.15, 0.2) is 0 Å². The molecular weight excluding hydrogens is 254 g/mol. The van der Waals surface area contributed by atoms with Gasteiger partial charge in [-0.1, -0.05) is 0 Å². The van der Waals surface area contributed by atoms with Crippen LogP contribution < -0.4 is 5.32 Å². The van der Waals surface area contributed by atoms with E-state index in [9.17, 15) is 14.4 Å². The molecule has 19 heavy (non-hydrogen) atoms. The summed E-state index contributed by atoms with van der Waals surface area (Å²) in [5.41, 5.74) is 0. The second-order valence-electron chi connectivity index (χ2n) is 4.15. The summed E-state index contributed by atoms with van der Waals surface area (Å²) in [6, 6.07) is -1.81. The van der Waals surface area contributed by atoms with Crippen LogP contribution in [0, 0.1) is 0 Å². The van der Waals surface area contributed by atoms with Crippen molar-refractivity contribution in [3.8, 4) is 0 Å². The van der Waals surface area contributed by atoms with Gasteiger partial charge < -0.3 is 25.3 Å². The Morgan fingerprint density at radius 2 is 1.84 bits per heavy atom. The Morgan fingerprint density at radius 3 is 2.21 bits per heavy atom. The van der Waals surface area contributed by atoms with Gasteiger partial charge in [0.05, 0.1) is 0 Å². The molecule has 0 aliphatic carbocycles. The highest BCUT2D eigenvalue weighted by molar-refractivity contribution is 5.86. The van der Waals surface area contributed by atoms with E-state index in [-0.39, 0.29) is 32.0 Å². The van der Waals surface area contributed by atoms with Crippen molar-refractivity contribution in [3.63, 3.8) is 0 Å². The molecule has 0 aromatic carbocycles. The van der Waals surface area contributed by atoms with Gasteiger partial charge in [-0.15, -0.1) is 0 Å². The predicted molar refractivity (Wildman–Crippen MR) is 67.6 cm³/mol. The number of aliphatic hydroxyl groups is 1. The number of carbonyl (C=O) groups excluding carboxylic acids is 2. The maximum absolute atomic E-state index is 11.8. The summed E-state index contributed by atoms with van der Waals surface area (Å²) >= 11 is 0. The first-order valence-electron chi connectivity index (χ1n) is 5.92. The number of carboxylic acid groups (broad SMARTS) is 1. The lowest BCUT2D eigenvalue weighted by Crippen LogP contribution is -2.50. The van der Waals surface area contributed by atoms with E-state index in [4.69, 9.17) is 10.2 Å². The Morgan fingerprint density at radius 1 is 1.26 bits per heavy atom. The number of amides is 3. The van der Waals surface area contributed by atoms with Crippen molar-refractivity contribution < 1.29 is 24.6 Å². The van der Waals surface area contributed by atoms with Crippen LogP contribution in [0.1, 0.15) is 13.3 Å². The van der Waals surface area contributed by atoms with Gasteiger partial charge in [0.1, 0.15) is 12.6 Å². The minimum Gasteiger partial charge on any atom is -0.480 e.